The highest BCUT2D eigenvalue weighted by atomic mass is 15.4. The van der Waals surface area contributed by atoms with Crippen LogP contribution in [0.4, 0.5) is 5.69 Å². The molecule has 146 valence electrons. The molecule has 0 radical (unpaired) electrons. The van der Waals surface area contributed by atoms with Crippen molar-refractivity contribution in [1.82, 2.24) is 34.5 Å². The van der Waals surface area contributed by atoms with Crippen LogP contribution in [-0.4, -0.2) is 85.9 Å². The fourth-order valence-corrected chi connectivity index (χ4v) is 5.42. The van der Waals surface area contributed by atoms with Crippen molar-refractivity contribution in [2.75, 3.05) is 38.1 Å². The summed E-state index contributed by atoms with van der Waals surface area (Å²) < 4.78 is 1.80. The Balaban J connectivity index is 1.31. The van der Waals surface area contributed by atoms with Gasteiger partial charge in [0.25, 0.3) is 0 Å². The second-order valence-corrected chi connectivity index (χ2v) is 8.63. The maximum Gasteiger partial charge on any atom is 0.159 e. The van der Waals surface area contributed by atoms with E-state index in [0.29, 0.717) is 12.1 Å². The summed E-state index contributed by atoms with van der Waals surface area (Å²) in [6.07, 6.45) is 8.35. The van der Waals surface area contributed by atoms with Gasteiger partial charge in [-0.1, -0.05) is 0 Å². The summed E-state index contributed by atoms with van der Waals surface area (Å²) in [5.41, 5.74) is 4.02. The molecule has 0 saturated carbocycles. The lowest BCUT2D eigenvalue weighted by Crippen LogP contribution is -2.66. The van der Waals surface area contributed by atoms with Gasteiger partial charge in [0.1, 0.15) is 11.3 Å². The van der Waals surface area contributed by atoms with E-state index in [1.807, 2.05) is 25.6 Å². The third kappa shape index (κ3) is 2.48. The normalized spacial score (nSPS) is 26.3. The zero-order valence-corrected chi connectivity index (χ0v) is 16.4. The van der Waals surface area contributed by atoms with Gasteiger partial charge in [-0.05, 0) is 26.0 Å². The van der Waals surface area contributed by atoms with E-state index in [2.05, 4.69) is 42.9 Å². The van der Waals surface area contributed by atoms with Gasteiger partial charge in [0.2, 0.25) is 0 Å². The molecule has 6 heterocycles. The number of aromatic nitrogens is 5. The van der Waals surface area contributed by atoms with Gasteiger partial charge >= 0.3 is 0 Å². The monoisotopic (exact) mass is 378 g/mol. The summed E-state index contributed by atoms with van der Waals surface area (Å²) in [7, 11) is 4.14. The zero-order valence-electron chi connectivity index (χ0n) is 16.4. The molecule has 3 aliphatic rings. The number of nitrogens with zero attached hydrogens (tertiary/aromatic N) is 7. The SMILES string of the molecule is CN1CC(N2C3CCC2CN(c2ccnc4[nH]c(-c5cnn(C)c5)nc24)C3)C1. The Hall–Kier alpha value is -2.45. The van der Waals surface area contributed by atoms with E-state index in [1.54, 1.807) is 4.68 Å². The van der Waals surface area contributed by atoms with Gasteiger partial charge in [-0.15, -0.1) is 0 Å². The molecule has 0 aromatic carbocycles. The second kappa shape index (κ2) is 6.02. The summed E-state index contributed by atoms with van der Waals surface area (Å²) >= 11 is 0. The number of imidazole rings is 1. The number of H-pyrrole nitrogens is 1. The molecule has 6 rings (SSSR count). The Labute approximate surface area is 164 Å². The van der Waals surface area contributed by atoms with Crippen LogP contribution in [0.1, 0.15) is 12.8 Å². The molecule has 2 unspecified atom stereocenters. The van der Waals surface area contributed by atoms with E-state index in [0.717, 1.165) is 41.7 Å². The Morgan fingerprint density at radius 2 is 1.82 bits per heavy atom. The predicted octanol–water partition coefficient (Wildman–Crippen LogP) is 1.33. The fourth-order valence-electron chi connectivity index (χ4n) is 5.42. The third-order valence-electron chi connectivity index (χ3n) is 6.69. The van der Waals surface area contributed by atoms with Crippen molar-refractivity contribution in [3.63, 3.8) is 0 Å². The van der Waals surface area contributed by atoms with Crippen molar-refractivity contribution in [1.29, 1.82) is 0 Å². The molecule has 3 aliphatic heterocycles. The minimum atomic E-state index is 0.664. The highest BCUT2D eigenvalue weighted by molar-refractivity contribution is 5.88. The molecule has 8 heteroatoms. The van der Waals surface area contributed by atoms with E-state index in [1.165, 1.54) is 31.6 Å². The molecule has 0 spiro atoms. The molecule has 3 aromatic heterocycles. The fraction of sp³-hybridized carbons (Fsp3) is 0.550. The highest BCUT2D eigenvalue weighted by Crippen LogP contribution is 2.37. The summed E-state index contributed by atoms with van der Waals surface area (Å²) in [6.45, 7) is 4.62. The van der Waals surface area contributed by atoms with E-state index >= 15 is 0 Å². The zero-order chi connectivity index (χ0) is 18.8. The first kappa shape index (κ1) is 16.5. The number of anilines is 1. The van der Waals surface area contributed by atoms with Crippen LogP contribution in [0.3, 0.4) is 0 Å². The lowest BCUT2D eigenvalue weighted by Gasteiger charge is -2.51. The second-order valence-electron chi connectivity index (χ2n) is 8.63. The molecule has 28 heavy (non-hydrogen) atoms. The largest absolute Gasteiger partial charge is 0.366 e. The molecule has 3 saturated heterocycles. The maximum atomic E-state index is 4.90. The number of aryl methyl sites for hydroxylation is 1. The number of aromatic amines is 1. The molecule has 2 bridgehead atoms. The first-order valence-electron chi connectivity index (χ1n) is 10.2. The first-order chi connectivity index (χ1) is 13.7. The van der Waals surface area contributed by atoms with Gasteiger partial charge < -0.3 is 14.8 Å². The third-order valence-corrected chi connectivity index (χ3v) is 6.69. The first-order valence-corrected chi connectivity index (χ1v) is 10.2. The van der Waals surface area contributed by atoms with Gasteiger partial charge in [0.05, 0.1) is 17.4 Å². The van der Waals surface area contributed by atoms with Crippen molar-refractivity contribution in [2.45, 2.75) is 31.0 Å². The lowest BCUT2D eigenvalue weighted by atomic mass is 10.0. The van der Waals surface area contributed by atoms with Crippen LogP contribution in [-0.2, 0) is 7.05 Å². The smallest absolute Gasteiger partial charge is 0.159 e. The molecule has 3 fully saturated rings. The molecule has 3 aromatic rings. The maximum absolute atomic E-state index is 4.90. The molecule has 2 atom stereocenters. The quantitative estimate of drug-likeness (QED) is 0.742. The summed E-state index contributed by atoms with van der Waals surface area (Å²) in [5.74, 6) is 0.835. The standard InChI is InChI=1S/C20H26N8/c1-25-9-16(10-25)28-14-3-4-15(28)12-27(11-14)17-5-6-21-20-18(17)23-19(24-20)13-7-22-26(2)8-13/h5-8,14-16H,3-4,9-12H2,1-2H3,(H,21,23,24). The number of piperazine rings is 1. The number of nitrogens with one attached hydrogen (secondary N) is 1. The number of hydrogen-bond acceptors (Lipinski definition) is 6. The van der Waals surface area contributed by atoms with Crippen LogP contribution >= 0.6 is 0 Å². The van der Waals surface area contributed by atoms with Gasteiger partial charge in [-0.3, -0.25) is 9.58 Å². The Bertz CT molecular complexity index is 1000. The molecular weight excluding hydrogens is 352 g/mol. The lowest BCUT2D eigenvalue weighted by molar-refractivity contribution is 0.0116. The molecule has 8 nitrogen and oxygen atoms in total. The highest BCUT2D eigenvalue weighted by Gasteiger charge is 2.46. The van der Waals surface area contributed by atoms with Crippen LogP contribution in [0, 0.1) is 0 Å². The predicted molar refractivity (Wildman–Crippen MR) is 108 cm³/mol. The van der Waals surface area contributed by atoms with Crippen LogP contribution < -0.4 is 4.90 Å². The minimum Gasteiger partial charge on any atom is -0.366 e. The van der Waals surface area contributed by atoms with Crippen LogP contribution in [0.5, 0.6) is 0 Å². The number of rotatable bonds is 3. The number of pyridine rings is 1. The summed E-state index contributed by atoms with van der Waals surface area (Å²) in [6, 6.07) is 4.21. The van der Waals surface area contributed by atoms with E-state index in [9.17, 15) is 0 Å². The Kier molecular flexibility index (Phi) is 3.55. The summed E-state index contributed by atoms with van der Waals surface area (Å²) in [4.78, 5) is 20.6. The van der Waals surface area contributed by atoms with E-state index in [-0.39, 0.29) is 0 Å². The summed E-state index contributed by atoms with van der Waals surface area (Å²) in [5, 5.41) is 4.26. The van der Waals surface area contributed by atoms with Gasteiger partial charge in [0, 0.05) is 63.7 Å². The Morgan fingerprint density at radius 3 is 2.50 bits per heavy atom. The van der Waals surface area contributed by atoms with Crippen molar-refractivity contribution in [3.05, 3.63) is 24.7 Å². The van der Waals surface area contributed by atoms with Gasteiger partial charge in [-0.2, -0.15) is 5.10 Å². The number of likely N-dealkylation sites (tertiary alicyclic amines) is 1. The van der Waals surface area contributed by atoms with Gasteiger partial charge in [0.15, 0.2) is 5.65 Å². The van der Waals surface area contributed by atoms with Crippen molar-refractivity contribution < 1.29 is 0 Å². The molecule has 0 aliphatic carbocycles. The number of fused-ring (bicyclic) bond motifs is 3. The minimum absolute atomic E-state index is 0.664. The van der Waals surface area contributed by atoms with E-state index < -0.39 is 0 Å². The van der Waals surface area contributed by atoms with Crippen LogP contribution in [0.2, 0.25) is 0 Å². The van der Waals surface area contributed by atoms with Crippen LogP contribution in [0.15, 0.2) is 24.7 Å². The number of hydrogen-bond donors (Lipinski definition) is 1. The Morgan fingerprint density at radius 1 is 1.04 bits per heavy atom. The van der Waals surface area contributed by atoms with Gasteiger partial charge in [-0.25, -0.2) is 9.97 Å². The average Bonchev–Trinajstić information content (AvgIpc) is 3.34. The van der Waals surface area contributed by atoms with Crippen LogP contribution in [0.25, 0.3) is 22.6 Å². The van der Waals surface area contributed by atoms with E-state index in [4.69, 9.17) is 4.98 Å². The molecule has 0 amide bonds. The van der Waals surface area contributed by atoms with Crippen molar-refractivity contribution in [3.8, 4) is 11.4 Å². The molecular formula is C20H26N8. The molecule has 1 N–H and O–H groups in total. The average molecular weight is 378 g/mol. The van der Waals surface area contributed by atoms with Crippen molar-refractivity contribution >= 4 is 16.9 Å². The number of likely N-dealkylation sites (N-methyl/N-ethyl adjacent to an activating group) is 1. The topological polar surface area (TPSA) is 69.1 Å². The van der Waals surface area contributed by atoms with Crippen molar-refractivity contribution in [2.24, 2.45) is 7.05 Å².